The van der Waals surface area contributed by atoms with Gasteiger partial charge < -0.3 is 9.13 Å². The van der Waals surface area contributed by atoms with E-state index < -0.39 is 0 Å². The highest BCUT2D eigenvalue weighted by Crippen LogP contribution is 2.45. The van der Waals surface area contributed by atoms with Gasteiger partial charge in [0.25, 0.3) is 0 Å². The molecule has 0 aliphatic heterocycles. The van der Waals surface area contributed by atoms with Crippen LogP contribution in [0.15, 0.2) is 146 Å². The van der Waals surface area contributed by atoms with Crippen LogP contribution in [0.4, 0.5) is 0 Å². The zero-order valence-electron chi connectivity index (χ0n) is 26.1. The van der Waals surface area contributed by atoms with Gasteiger partial charge in [0, 0.05) is 53.0 Å². The van der Waals surface area contributed by atoms with Gasteiger partial charge in [0.15, 0.2) is 0 Å². The molecule has 0 aliphatic carbocycles. The average Bonchev–Trinajstić information content (AvgIpc) is 3.81. The van der Waals surface area contributed by atoms with Crippen molar-refractivity contribution in [1.82, 2.24) is 9.13 Å². The maximum absolute atomic E-state index is 10.5. The quantitative estimate of drug-likeness (QED) is 0.193. The maximum atomic E-state index is 10.5. The molecule has 49 heavy (non-hydrogen) atoms. The van der Waals surface area contributed by atoms with Crippen LogP contribution in [0.1, 0.15) is 11.1 Å². The molecule has 5 heteroatoms. The molecule has 0 atom stereocenters. The Hall–Kier alpha value is -6.66. The van der Waals surface area contributed by atoms with E-state index in [2.05, 4.69) is 124 Å². The van der Waals surface area contributed by atoms with Gasteiger partial charge in [-0.25, -0.2) is 0 Å². The zero-order chi connectivity index (χ0) is 32.6. The van der Waals surface area contributed by atoms with Crippen LogP contribution >= 0.6 is 11.3 Å². The van der Waals surface area contributed by atoms with Gasteiger partial charge in [-0.3, -0.25) is 0 Å². The van der Waals surface area contributed by atoms with Crippen molar-refractivity contribution in [3.8, 4) is 34.6 Å². The second-order valence-corrected chi connectivity index (χ2v) is 13.4. The molecule has 3 heterocycles. The van der Waals surface area contributed by atoms with E-state index in [-0.39, 0.29) is 0 Å². The lowest BCUT2D eigenvalue weighted by atomic mass is 9.97. The van der Waals surface area contributed by atoms with Gasteiger partial charge in [0.1, 0.15) is 6.07 Å². The molecule has 0 saturated carbocycles. The number of hydrogen-bond donors (Lipinski definition) is 0. The number of hydrogen-bond acceptors (Lipinski definition) is 3. The highest BCUT2D eigenvalue weighted by molar-refractivity contribution is 7.26. The van der Waals surface area contributed by atoms with Gasteiger partial charge >= 0.3 is 0 Å². The first kappa shape index (κ1) is 27.5. The van der Waals surface area contributed by atoms with Gasteiger partial charge in [0.2, 0.25) is 0 Å². The van der Waals surface area contributed by atoms with Gasteiger partial charge in [-0.15, -0.1) is 11.3 Å². The monoisotopic (exact) mass is 640 g/mol. The second kappa shape index (κ2) is 10.4. The zero-order valence-corrected chi connectivity index (χ0v) is 26.9. The molecule has 0 N–H and O–H groups in total. The first-order chi connectivity index (χ1) is 24.2. The molecule has 10 rings (SSSR count). The SMILES string of the molecule is N#Cc1ccc2c(c1)c1ccccc1n2-c1c(C#N)cccc1-c1ccc2c(c1)c1c3sc4ccccc4c3ccc1n2-c1ccccc1. The molecule has 3 aromatic heterocycles. The normalized spacial score (nSPS) is 11.6. The summed E-state index contributed by atoms with van der Waals surface area (Å²) in [7, 11) is 0. The van der Waals surface area contributed by atoms with E-state index in [4.69, 9.17) is 0 Å². The minimum absolute atomic E-state index is 0.586. The standard InChI is InChI=1S/C44H24N4S/c45-25-27-17-20-38-35(23-27)32-12-4-6-15-37(32)48(38)43-29(26-46)9-8-14-31(43)28-18-21-39-36(24-28)42-40(47(39)30-10-2-1-3-11-30)22-19-34-33-13-5-7-16-41(33)49-44(34)42/h1-24H. The fourth-order valence-corrected chi connectivity index (χ4v) is 8.96. The lowest BCUT2D eigenvalue weighted by Gasteiger charge is -2.16. The number of aromatic nitrogens is 2. The molecule has 0 fully saturated rings. The molecule has 7 aromatic carbocycles. The van der Waals surface area contributed by atoms with Crippen molar-refractivity contribution in [3.05, 3.63) is 157 Å². The summed E-state index contributed by atoms with van der Waals surface area (Å²) in [5, 5.41) is 27.2. The molecule has 4 nitrogen and oxygen atoms in total. The van der Waals surface area contributed by atoms with E-state index in [1.807, 2.05) is 53.8 Å². The fraction of sp³-hybridized carbons (Fsp3) is 0. The van der Waals surface area contributed by atoms with Gasteiger partial charge in [0.05, 0.1) is 45.0 Å². The van der Waals surface area contributed by atoms with Gasteiger partial charge in [-0.1, -0.05) is 78.9 Å². The largest absolute Gasteiger partial charge is 0.309 e. The Kier molecular flexibility index (Phi) is 5.84. The van der Waals surface area contributed by atoms with Crippen LogP contribution in [0.2, 0.25) is 0 Å². The van der Waals surface area contributed by atoms with Crippen molar-refractivity contribution in [2.75, 3.05) is 0 Å². The van der Waals surface area contributed by atoms with E-state index in [0.717, 1.165) is 49.8 Å². The van der Waals surface area contributed by atoms with Crippen molar-refractivity contribution in [2.24, 2.45) is 0 Å². The predicted octanol–water partition coefficient (Wildman–Crippen LogP) is 11.7. The minimum Gasteiger partial charge on any atom is -0.309 e. The van der Waals surface area contributed by atoms with E-state index in [9.17, 15) is 10.5 Å². The first-order valence-electron chi connectivity index (χ1n) is 16.1. The number of rotatable bonds is 3. The number of benzene rings is 7. The number of para-hydroxylation sites is 3. The molecule has 0 amide bonds. The van der Waals surface area contributed by atoms with Crippen molar-refractivity contribution < 1.29 is 0 Å². The predicted molar refractivity (Wildman–Crippen MR) is 203 cm³/mol. The van der Waals surface area contributed by atoms with E-state index in [1.54, 1.807) is 0 Å². The highest BCUT2D eigenvalue weighted by atomic mass is 32.1. The Morgan fingerprint density at radius 1 is 0.490 bits per heavy atom. The number of nitrogens with zero attached hydrogens (tertiary/aromatic N) is 4. The Bertz CT molecular complexity index is 3070. The van der Waals surface area contributed by atoms with Crippen molar-refractivity contribution in [3.63, 3.8) is 0 Å². The van der Waals surface area contributed by atoms with Crippen molar-refractivity contribution >= 4 is 75.1 Å². The summed E-state index contributed by atoms with van der Waals surface area (Å²) in [5.74, 6) is 0. The molecule has 0 aliphatic rings. The maximum Gasteiger partial charge on any atom is 0.101 e. The number of fused-ring (bicyclic) bond motifs is 10. The van der Waals surface area contributed by atoms with Gasteiger partial charge in [-0.2, -0.15) is 10.5 Å². The molecule has 226 valence electrons. The minimum atomic E-state index is 0.586. The summed E-state index contributed by atoms with van der Waals surface area (Å²) in [4.78, 5) is 0. The third-order valence-electron chi connectivity index (χ3n) is 9.78. The van der Waals surface area contributed by atoms with Crippen LogP contribution < -0.4 is 0 Å². The Morgan fingerprint density at radius 2 is 1.22 bits per heavy atom. The highest BCUT2D eigenvalue weighted by Gasteiger charge is 2.22. The lowest BCUT2D eigenvalue weighted by molar-refractivity contribution is 1.17. The summed E-state index contributed by atoms with van der Waals surface area (Å²) >= 11 is 1.85. The summed E-state index contributed by atoms with van der Waals surface area (Å²) in [6.45, 7) is 0. The Labute approximate surface area is 285 Å². The molecule has 0 unspecified atom stereocenters. The van der Waals surface area contributed by atoms with E-state index >= 15 is 0 Å². The van der Waals surface area contributed by atoms with Crippen LogP contribution in [-0.2, 0) is 0 Å². The summed E-state index contributed by atoms with van der Waals surface area (Å²) in [6.07, 6.45) is 0. The summed E-state index contributed by atoms with van der Waals surface area (Å²) < 4.78 is 7.11. The number of nitriles is 2. The van der Waals surface area contributed by atoms with Crippen molar-refractivity contribution in [2.45, 2.75) is 0 Å². The third kappa shape index (κ3) is 3.88. The van der Waals surface area contributed by atoms with Crippen LogP contribution in [0.5, 0.6) is 0 Å². The topological polar surface area (TPSA) is 57.4 Å². The fourth-order valence-electron chi connectivity index (χ4n) is 7.70. The van der Waals surface area contributed by atoms with Crippen LogP contribution in [0, 0.1) is 22.7 Å². The molecule has 0 bridgehead atoms. The third-order valence-corrected chi connectivity index (χ3v) is 11.0. The van der Waals surface area contributed by atoms with Crippen LogP contribution in [0.3, 0.4) is 0 Å². The lowest BCUT2D eigenvalue weighted by Crippen LogP contribution is -2.01. The van der Waals surface area contributed by atoms with Gasteiger partial charge in [-0.05, 0) is 72.3 Å². The molecule has 10 aromatic rings. The first-order valence-corrected chi connectivity index (χ1v) is 17.0. The molecular formula is C44H24N4S. The molecule has 0 radical (unpaired) electrons. The average molecular weight is 641 g/mol. The van der Waals surface area contributed by atoms with Crippen molar-refractivity contribution in [1.29, 1.82) is 10.5 Å². The smallest absolute Gasteiger partial charge is 0.101 e. The number of thiophene rings is 1. The van der Waals surface area contributed by atoms with E-state index in [0.29, 0.717) is 11.1 Å². The molecule has 0 saturated heterocycles. The second-order valence-electron chi connectivity index (χ2n) is 12.3. The molecule has 0 spiro atoms. The van der Waals surface area contributed by atoms with E-state index in [1.165, 1.54) is 36.5 Å². The Balaban J connectivity index is 1.32. The summed E-state index contributed by atoms with van der Waals surface area (Å²) in [6, 6.07) is 55.3. The Morgan fingerprint density at radius 3 is 2.08 bits per heavy atom. The van der Waals surface area contributed by atoms with Crippen LogP contribution in [-0.4, -0.2) is 9.13 Å². The summed E-state index contributed by atoms with van der Waals surface area (Å²) in [5.41, 5.74) is 9.39. The van der Waals surface area contributed by atoms with Crippen LogP contribution in [0.25, 0.3) is 86.3 Å². The molecular weight excluding hydrogens is 617 g/mol.